The van der Waals surface area contributed by atoms with E-state index in [1.807, 2.05) is 0 Å². The van der Waals surface area contributed by atoms with Gasteiger partial charge in [0.25, 0.3) is 0 Å². The molecule has 0 aromatic carbocycles. The Morgan fingerprint density at radius 1 is 1.25 bits per heavy atom. The van der Waals surface area contributed by atoms with Crippen LogP contribution in [0.1, 0.15) is 25.7 Å². The molecule has 0 atom stereocenters. The average Bonchev–Trinajstić information content (AvgIpc) is 2.80. The van der Waals surface area contributed by atoms with Gasteiger partial charge in [-0.3, -0.25) is 0 Å². The third kappa shape index (κ3) is 4.81. The monoisotopic (exact) mass is 230 g/mol. The number of hydrogen-bond donors (Lipinski definition) is 2. The minimum atomic E-state index is -0.378. The molecule has 1 aliphatic carbocycles. The van der Waals surface area contributed by atoms with Crippen molar-refractivity contribution in [3.05, 3.63) is 0 Å². The van der Waals surface area contributed by atoms with Gasteiger partial charge in [-0.2, -0.15) is 0 Å². The van der Waals surface area contributed by atoms with Gasteiger partial charge in [-0.1, -0.05) is 12.8 Å². The van der Waals surface area contributed by atoms with Crippen LogP contribution in [0.3, 0.4) is 0 Å². The lowest BCUT2D eigenvalue weighted by molar-refractivity contribution is -0.0971. The zero-order valence-corrected chi connectivity index (χ0v) is 10.1. The summed E-state index contributed by atoms with van der Waals surface area (Å²) in [5.41, 5.74) is 0. The van der Waals surface area contributed by atoms with E-state index < -0.39 is 0 Å². The molecule has 0 unspecified atom stereocenters. The summed E-state index contributed by atoms with van der Waals surface area (Å²) in [6.45, 7) is 1.14. The number of methoxy groups -OCH3 is 2. The standard InChI is InChI=1S/C11H22N2O3/c1-15-10(16-2)8-13-11(14)12-7-9-5-3-4-6-9/h9-10H,3-8H2,1-2H3,(H2,12,13,14). The molecule has 5 heteroatoms. The summed E-state index contributed by atoms with van der Waals surface area (Å²) in [6.07, 6.45) is 4.68. The summed E-state index contributed by atoms with van der Waals surface area (Å²) in [7, 11) is 3.10. The van der Waals surface area contributed by atoms with E-state index in [0.717, 1.165) is 6.54 Å². The van der Waals surface area contributed by atoms with Crippen molar-refractivity contribution in [3.8, 4) is 0 Å². The number of rotatable bonds is 6. The molecule has 1 aliphatic rings. The largest absolute Gasteiger partial charge is 0.354 e. The zero-order chi connectivity index (χ0) is 11.8. The van der Waals surface area contributed by atoms with E-state index in [9.17, 15) is 4.79 Å². The topological polar surface area (TPSA) is 59.6 Å². The zero-order valence-electron chi connectivity index (χ0n) is 10.1. The first-order valence-corrected chi connectivity index (χ1v) is 5.83. The number of carbonyl (C=O) groups excluding carboxylic acids is 1. The predicted octanol–water partition coefficient (Wildman–Crippen LogP) is 1.09. The molecule has 94 valence electrons. The van der Waals surface area contributed by atoms with Crippen LogP contribution in [-0.2, 0) is 9.47 Å². The number of amides is 2. The SMILES string of the molecule is COC(CNC(=O)NCC1CCCC1)OC. The van der Waals surface area contributed by atoms with E-state index in [1.54, 1.807) is 14.2 Å². The summed E-state index contributed by atoms with van der Waals surface area (Å²) < 4.78 is 9.93. The summed E-state index contributed by atoms with van der Waals surface area (Å²) in [5, 5.41) is 5.58. The van der Waals surface area contributed by atoms with Gasteiger partial charge in [-0.25, -0.2) is 4.79 Å². The highest BCUT2D eigenvalue weighted by Crippen LogP contribution is 2.23. The van der Waals surface area contributed by atoms with Crippen LogP contribution in [0.25, 0.3) is 0 Å². The van der Waals surface area contributed by atoms with E-state index in [0.29, 0.717) is 12.5 Å². The summed E-state index contributed by atoms with van der Waals surface area (Å²) in [5.74, 6) is 0.659. The van der Waals surface area contributed by atoms with Crippen molar-refractivity contribution in [2.45, 2.75) is 32.0 Å². The molecule has 0 bridgehead atoms. The Morgan fingerprint density at radius 3 is 2.44 bits per heavy atom. The Labute approximate surface area is 96.9 Å². The van der Waals surface area contributed by atoms with Crippen LogP contribution < -0.4 is 10.6 Å². The van der Waals surface area contributed by atoms with Gasteiger partial charge >= 0.3 is 6.03 Å². The number of nitrogens with one attached hydrogen (secondary N) is 2. The molecule has 0 radical (unpaired) electrons. The molecule has 0 saturated heterocycles. The van der Waals surface area contributed by atoms with Crippen LogP contribution >= 0.6 is 0 Å². The molecule has 16 heavy (non-hydrogen) atoms. The van der Waals surface area contributed by atoms with Crippen molar-refractivity contribution >= 4 is 6.03 Å². The maximum atomic E-state index is 11.4. The van der Waals surface area contributed by atoms with E-state index in [1.165, 1.54) is 25.7 Å². The van der Waals surface area contributed by atoms with E-state index in [2.05, 4.69) is 10.6 Å². The predicted molar refractivity (Wildman–Crippen MR) is 61.2 cm³/mol. The Hall–Kier alpha value is -0.810. The molecule has 1 saturated carbocycles. The minimum Gasteiger partial charge on any atom is -0.354 e. The number of urea groups is 1. The molecule has 0 heterocycles. The molecule has 2 amide bonds. The lowest BCUT2D eigenvalue weighted by Gasteiger charge is -2.15. The average molecular weight is 230 g/mol. The fourth-order valence-electron chi connectivity index (χ4n) is 1.95. The van der Waals surface area contributed by atoms with Crippen molar-refractivity contribution in [1.82, 2.24) is 10.6 Å². The molecule has 0 aromatic heterocycles. The van der Waals surface area contributed by atoms with E-state index >= 15 is 0 Å². The van der Waals surface area contributed by atoms with Crippen LogP contribution in [0, 0.1) is 5.92 Å². The summed E-state index contributed by atoms with van der Waals surface area (Å²) in [6, 6.07) is -0.147. The number of carbonyl (C=O) groups is 1. The van der Waals surface area contributed by atoms with Crippen LogP contribution in [0.4, 0.5) is 4.79 Å². The maximum Gasteiger partial charge on any atom is 0.314 e. The Bertz CT molecular complexity index is 193. The smallest absolute Gasteiger partial charge is 0.314 e. The molecular formula is C11H22N2O3. The second-order valence-corrected chi connectivity index (χ2v) is 4.14. The van der Waals surface area contributed by atoms with Crippen LogP contribution in [0.2, 0.25) is 0 Å². The lowest BCUT2D eigenvalue weighted by atomic mass is 10.1. The number of hydrogen-bond acceptors (Lipinski definition) is 3. The molecule has 2 N–H and O–H groups in total. The van der Waals surface area contributed by atoms with Crippen molar-refractivity contribution in [1.29, 1.82) is 0 Å². The van der Waals surface area contributed by atoms with Gasteiger partial charge in [-0.05, 0) is 18.8 Å². The molecule has 0 aliphatic heterocycles. The first kappa shape index (κ1) is 13.3. The molecular weight excluding hydrogens is 208 g/mol. The van der Waals surface area contributed by atoms with Gasteiger partial charge in [0, 0.05) is 20.8 Å². The third-order valence-corrected chi connectivity index (χ3v) is 2.98. The quantitative estimate of drug-likeness (QED) is 0.672. The van der Waals surface area contributed by atoms with Gasteiger partial charge in [0.05, 0.1) is 6.54 Å². The van der Waals surface area contributed by atoms with Crippen molar-refractivity contribution in [2.75, 3.05) is 27.3 Å². The first-order valence-electron chi connectivity index (χ1n) is 5.83. The third-order valence-electron chi connectivity index (χ3n) is 2.98. The van der Waals surface area contributed by atoms with E-state index in [-0.39, 0.29) is 12.3 Å². The van der Waals surface area contributed by atoms with Gasteiger partial charge in [0.15, 0.2) is 6.29 Å². The highest BCUT2D eigenvalue weighted by molar-refractivity contribution is 5.73. The lowest BCUT2D eigenvalue weighted by Crippen LogP contribution is -2.42. The van der Waals surface area contributed by atoms with Crippen molar-refractivity contribution < 1.29 is 14.3 Å². The fourth-order valence-corrected chi connectivity index (χ4v) is 1.95. The van der Waals surface area contributed by atoms with Crippen LogP contribution in [0.5, 0.6) is 0 Å². The summed E-state index contributed by atoms with van der Waals surface area (Å²) >= 11 is 0. The summed E-state index contributed by atoms with van der Waals surface area (Å²) in [4.78, 5) is 11.4. The fraction of sp³-hybridized carbons (Fsp3) is 0.909. The normalized spacial score (nSPS) is 16.7. The van der Waals surface area contributed by atoms with Gasteiger partial charge < -0.3 is 20.1 Å². The maximum absolute atomic E-state index is 11.4. The Balaban J connectivity index is 2.05. The highest BCUT2D eigenvalue weighted by atomic mass is 16.7. The highest BCUT2D eigenvalue weighted by Gasteiger charge is 2.15. The second-order valence-electron chi connectivity index (χ2n) is 4.14. The van der Waals surface area contributed by atoms with Crippen LogP contribution in [-0.4, -0.2) is 39.6 Å². The molecule has 0 aromatic rings. The van der Waals surface area contributed by atoms with Crippen molar-refractivity contribution in [3.63, 3.8) is 0 Å². The molecule has 5 nitrogen and oxygen atoms in total. The second kappa shape index (κ2) is 7.46. The molecule has 1 fully saturated rings. The Kier molecular flexibility index (Phi) is 6.18. The van der Waals surface area contributed by atoms with Gasteiger partial charge in [0.1, 0.15) is 0 Å². The molecule has 1 rings (SSSR count). The Morgan fingerprint density at radius 2 is 1.88 bits per heavy atom. The van der Waals surface area contributed by atoms with E-state index in [4.69, 9.17) is 9.47 Å². The first-order chi connectivity index (χ1) is 7.76. The van der Waals surface area contributed by atoms with Gasteiger partial charge in [0.2, 0.25) is 0 Å². The molecule has 0 spiro atoms. The van der Waals surface area contributed by atoms with Crippen molar-refractivity contribution in [2.24, 2.45) is 5.92 Å². The van der Waals surface area contributed by atoms with Gasteiger partial charge in [-0.15, -0.1) is 0 Å². The minimum absolute atomic E-state index is 0.147. The van der Waals surface area contributed by atoms with Crippen LogP contribution in [0.15, 0.2) is 0 Å². The number of ether oxygens (including phenoxy) is 2.